The molecule has 0 fully saturated rings. The largest absolute Gasteiger partial charge is 0.192 e. The smallest absolute Gasteiger partial charge is 0.100 e. The average Bonchev–Trinajstić information content (AvgIpc) is 3.63. The fraction of sp³-hybridized carbons (Fsp3) is 0. The zero-order valence-corrected chi connectivity index (χ0v) is 23.9. The van der Waals surface area contributed by atoms with E-state index in [1.165, 1.54) is 40.3 Å². The lowest BCUT2D eigenvalue weighted by Crippen LogP contribution is -1.94. The third-order valence-electron chi connectivity index (χ3n) is 7.96. The first-order chi connectivity index (χ1) is 20.7. The minimum atomic E-state index is 0.609. The number of fused-ring (bicyclic) bond motifs is 6. The van der Waals surface area contributed by atoms with Gasteiger partial charge >= 0.3 is 0 Å². The SMILES string of the molecule is N#Cc1cccc(-c2cc(-c3cccc4c3sc3ccccc34)c(C#N)c(-c3cccc4sc5ccccc5c34)c2)c1. The van der Waals surface area contributed by atoms with Crippen LogP contribution in [0.15, 0.2) is 121 Å². The summed E-state index contributed by atoms with van der Waals surface area (Å²) in [6.07, 6.45) is 0. The van der Waals surface area contributed by atoms with Crippen molar-refractivity contribution in [3.05, 3.63) is 132 Å². The number of thiophene rings is 2. The predicted octanol–water partition coefficient (Wildman–Crippen LogP) is 11.2. The quantitative estimate of drug-likeness (QED) is 0.213. The first-order valence-electron chi connectivity index (χ1n) is 13.6. The van der Waals surface area contributed by atoms with Gasteiger partial charge in [0, 0.05) is 57.0 Å². The third-order valence-corrected chi connectivity index (χ3v) is 10.3. The van der Waals surface area contributed by atoms with Gasteiger partial charge in [0.15, 0.2) is 0 Å². The average molecular weight is 569 g/mol. The van der Waals surface area contributed by atoms with Crippen LogP contribution in [0, 0.1) is 22.7 Å². The van der Waals surface area contributed by atoms with E-state index >= 15 is 0 Å². The van der Waals surface area contributed by atoms with E-state index in [-0.39, 0.29) is 0 Å². The Hall–Kier alpha value is -5.26. The molecule has 0 aliphatic rings. The lowest BCUT2D eigenvalue weighted by molar-refractivity contribution is 1.47. The van der Waals surface area contributed by atoms with Crippen molar-refractivity contribution in [3.8, 4) is 45.5 Å². The molecule has 0 saturated carbocycles. The highest BCUT2D eigenvalue weighted by Crippen LogP contribution is 2.46. The van der Waals surface area contributed by atoms with Gasteiger partial charge in [-0.15, -0.1) is 22.7 Å². The van der Waals surface area contributed by atoms with Gasteiger partial charge in [0.1, 0.15) is 6.07 Å². The van der Waals surface area contributed by atoms with Crippen molar-refractivity contribution in [2.24, 2.45) is 0 Å². The number of hydrogen-bond acceptors (Lipinski definition) is 4. The van der Waals surface area contributed by atoms with E-state index in [1.807, 2.05) is 24.3 Å². The second-order valence-electron chi connectivity index (χ2n) is 10.3. The van der Waals surface area contributed by atoms with Crippen LogP contribution in [0.1, 0.15) is 11.1 Å². The summed E-state index contributed by atoms with van der Waals surface area (Å²) in [7, 11) is 0. The van der Waals surface area contributed by atoms with Crippen molar-refractivity contribution in [1.29, 1.82) is 10.5 Å². The predicted molar refractivity (Wildman–Crippen MR) is 178 cm³/mol. The summed E-state index contributed by atoms with van der Waals surface area (Å²) >= 11 is 3.54. The van der Waals surface area contributed by atoms with Crippen molar-refractivity contribution in [1.82, 2.24) is 0 Å². The van der Waals surface area contributed by atoms with Crippen molar-refractivity contribution in [2.75, 3.05) is 0 Å². The van der Waals surface area contributed by atoms with Gasteiger partial charge in [-0.25, -0.2) is 0 Å². The molecule has 0 radical (unpaired) electrons. The van der Waals surface area contributed by atoms with E-state index in [0.29, 0.717) is 11.1 Å². The van der Waals surface area contributed by atoms with Gasteiger partial charge in [0.05, 0.1) is 17.2 Å². The van der Waals surface area contributed by atoms with E-state index in [2.05, 4.69) is 109 Å². The second-order valence-corrected chi connectivity index (χ2v) is 12.4. The molecule has 2 heterocycles. The molecule has 2 nitrogen and oxygen atoms in total. The molecule has 6 aromatic carbocycles. The fourth-order valence-corrected chi connectivity index (χ4v) is 8.44. The van der Waals surface area contributed by atoms with Gasteiger partial charge in [-0.2, -0.15) is 10.5 Å². The summed E-state index contributed by atoms with van der Waals surface area (Å²) in [5, 5.41) is 25.3. The summed E-state index contributed by atoms with van der Waals surface area (Å²) in [6.45, 7) is 0. The third kappa shape index (κ3) is 3.75. The van der Waals surface area contributed by atoms with E-state index in [9.17, 15) is 10.5 Å². The summed E-state index contributed by atoms with van der Waals surface area (Å²) in [6, 6.07) is 46.6. The van der Waals surface area contributed by atoms with Gasteiger partial charge in [-0.3, -0.25) is 0 Å². The van der Waals surface area contributed by atoms with Crippen LogP contribution in [0.5, 0.6) is 0 Å². The Kier molecular flexibility index (Phi) is 5.66. The monoisotopic (exact) mass is 568 g/mol. The molecule has 0 aliphatic heterocycles. The van der Waals surface area contributed by atoms with E-state index < -0.39 is 0 Å². The lowest BCUT2D eigenvalue weighted by Gasteiger charge is -2.16. The Morgan fingerprint density at radius 2 is 1.10 bits per heavy atom. The van der Waals surface area contributed by atoms with Crippen molar-refractivity contribution >= 4 is 63.0 Å². The summed E-state index contributed by atoms with van der Waals surface area (Å²) < 4.78 is 4.82. The van der Waals surface area contributed by atoms with Gasteiger partial charge in [-0.05, 0) is 59.2 Å². The Morgan fingerprint density at radius 3 is 1.90 bits per heavy atom. The normalized spacial score (nSPS) is 11.3. The summed E-state index contributed by atoms with van der Waals surface area (Å²) in [5.74, 6) is 0. The van der Waals surface area contributed by atoms with Crippen LogP contribution in [-0.4, -0.2) is 0 Å². The Balaban J connectivity index is 1.51. The Morgan fingerprint density at radius 1 is 0.452 bits per heavy atom. The van der Waals surface area contributed by atoms with Crippen molar-refractivity contribution in [3.63, 3.8) is 0 Å². The molecule has 8 rings (SSSR count). The molecular formula is C38H20N2S2. The minimum absolute atomic E-state index is 0.609. The summed E-state index contributed by atoms with van der Waals surface area (Å²) in [4.78, 5) is 0. The molecule has 4 heteroatoms. The van der Waals surface area contributed by atoms with Crippen LogP contribution in [-0.2, 0) is 0 Å². The maximum Gasteiger partial charge on any atom is 0.100 e. The molecular weight excluding hydrogens is 549 g/mol. The molecule has 0 spiro atoms. The van der Waals surface area contributed by atoms with Crippen molar-refractivity contribution < 1.29 is 0 Å². The lowest BCUT2D eigenvalue weighted by atomic mass is 9.86. The molecule has 0 amide bonds. The first-order valence-corrected chi connectivity index (χ1v) is 15.3. The second kappa shape index (κ2) is 9.68. The first kappa shape index (κ1) is 24.5. The molecule has 42 heavy (non-hydrogen) atoms. The van der Waals surface area contributed by atoms with Crippen LogP contribution in [0.2, 0.25) is 0 Å². The van der Waals surface area contributed by atoms with E-state index in [1.54, 1.807) is 22.7 Å². The highest BCUT2D eigenvalue weighted by atomic mass is 32.1. The molecule has 0 atom stereocenters. The molecule has 0 bridgehead atoms. The number of nitrogens with zero attached hydrogens (tertiary/aromatic N) is 2. The number of benzene rings is 6. The maximum absolute atomic E-state index is 10.8. The van der Waals surface area contributed by atoms with Crippen LogP contribution in [0.25, 0.3) is 73.7 Å². The maximum atomic E-state index is 10.8. The summed E-state index contributed by atoms with van der Waals surface area (Å²) in [5.41, 5.74) is 7.09. The fourth-order valence-electron chi connectivity index (χ4n) is 6.08. The van der Waals surface area contributed by atoms with Gasteiger partial charge < -0.3 is 0 Å². The topological polar surface area (TPSA) is 47.6 Å². The number of nitriles is 2. The highest BCUT2D eigenvalue weighted by Gasteiger charge is 2.21. The zero-order chi connectivity index (χ0) is 28.2. The van der Waals surface area contributed by atoms with Crippen molar-refractivity contribution in [2.45, 2.75) is 0 Å². The molecule has 2 aromatic heterocycles. The molecule has 0 aliphatic carbocycles. The van der Waals surface area contributed by atoms with Crippen LogP contribution >= 0.6 is 22.7 Å². The molecule has 0 saturated heterocycles. The van der Waals surface area contributed by atoms with Gasteiger partial charge in [-0.1, -0.05) is 78.9 Å². The Bertz CT molecular complexity index is 2450. The Labute approximate surface area is 250 Å². The van der Waals surface area contributed by atoms with Crippen LogP contribution < -0.4 is 0 Å². The highest BCUT2D eigenvalue weighted by molar-refractivity contribution is 7.26. The zero-order valence-electron chi connectivity index (χ0n) is 22.3. The van der Waals surface area contributed by atoms with E-state index in [4.69, 9.17) is 0 Å². The van der Waals surface area contributed by atoms with Crippen LogP contribution in [0.4, 0.5) is 0 Å². The molecule has 194 valence electrons. The van der Waals surface area contributed by atoms with Gasteiger partial charge in [0.25, 0.3) is 0 Å². The number of hydrogen-bond donors (Lipinski definition) is 0. The standard InChI is InChI=1S/C38H20N2S2/c39-21-23-8-5-9-24(18-23)25-19-31(27-12-7-17-36-37(27)30-11-2-4-16-35(30)41-36)33(22-40)32(20-25)29-14-6-13-28-26-10-1-3-15-34(26)42-38(28)29/h1-20H. The minimum Gasteiger partial charge on any atom is -0.192 e. The van der Waals surface area contributed by atoms with Gasteiger partial charge in [0.2, 0.25) is 0 Å². The number of rotatable bonds is 3. The van der Waals surface area contributed by atoms with Crippen LogP contribution in [0.3, 0.4) is 0 Å². The molecule has 0 N–H and O–H groups in total. The molecule has 0 unspecified atom stereocenters. The van der Waals surface area contributed by atoms with E-state index in [0.717, 1.165) is 33.4 Å². The molecule has 8 aromatic rings.